The summed E-state index contributed by atoms with van der Waals surface area (Å²) in [5, 5.41) is 9.36. The first-order valence-electron chi connectivity index (χ1n) is 8.11. The third-order valence-electron chi connectivity index (χ3n) is 4.01. The molecule has 1 saturated heterocycles. The zero-order chi connectivity index (χ0) is 18.2. The number of likely N-dealkylation sites (N-methyl/N-ethyl adjacent to an activating group) is 1. The molecule has 0 unspecified atom stereocenters. The van der Waals surface area contributed by atoms with Crippen molar-refractivity contribution in [2.45, 2.75) is 6.42 Å². The molecule has 0 radical (unpaired) electrons. The maximum atomic E-state index is 11.1. The minimum atomic E-state index is -0.496. The Kier molecular flexibility index (Phi) is 7.32. The van der Waals surface area contributed by atoms with Crippen LogP contribution in [0.3, 0.4) is 0 Å². The number of nitrogens with zero attached hydrogens (tertiary/aromatic N) is 2. The summed E-state index contributed by atoms with van der Waals surface area (Å²) >= 11 is 1.31. The van der Waals surface area contributed by atoms with Crippen LogP contribution in [0.25, 0.3) is 10.1 Å². The first kappa shape index (κ1) is 19.3. The van der Waals surface area contributed by atoms with E-state index >= 15 is 0 Å². The molecular weight excluding hydrogens is 340 g/mol. The van der Waals surface area contributed by atoms with Crippen molar-refractivity contribution in [1.29, 1.82) is 0 Å². The lowest BCUT2D eigenvalue weighted by atomic mass is 10.2. The summed E-state index contributed by atoms with van der Waals surface area (Å²) in [5.41, 5.74) is 7.85. The van der Waals surface area contributed by atoms with E-state index in [4.69, 9.17) is 10.9 Å². The number of amides is 1. The molecule has 1 fully saturated rings. The van der Waals surface area contributed by atoms with Crippen LogP contribution in [0, 0.1) is 0 Å². The number of benzene rings is 1. The number of carbonyl (C=O) groups excluding carboxylic acids is 2. The molecule has 1 aromatic carbocycles. The molecule has 0 bridgehead atoms. The highest BCUT2D eigenvalue weighted by Crippen LogP contribution is 2.27. The van der Waals surface area contributed by atoms with E-state index in [1.807, 2.05) is 6.07 Å². The Morgan fingerprint density at radius 2 is 2.12 bits per heavy atom. The number of nitrogen functional groups attached to an aromatic ring is 1. The molecule has 0 spiro atoms. The molecule has 1 aromatic heterocycles. The number of aldehydes is 1. The van der Waals surface area contributed by atoms with Crippen molar-refractivity contribution >= 4 is 39.3 Å². The molecule has 1 aliphatic rings. The number of anilines is 1. The highest BCUT2D eigenvalue weighted by molar-refractivity contribution is 7.20. The van der Waals surface area contributed by atoms with Crippen molar-refractivity contribution in [3.05, 3.63) is 29.1 Å². The van der Waals surface area contributed by atoms with E-state index in [9.17, 15) is 9.59 Å². The van der Waals surface area contributed by atoms with Gasteiger partial charge in [-0.05, 0) is 56.2 Å². The molecule has 1 amide bonds. The van der Waals surface area contributed by atoms with Crippen molar-refractivity contribution in [1.82, 2.24) is 15.3 Å². The van der Waals surface area contributed by atoms with Gasteiger partial charge in [-0.15, -0.1) is 11.3 Å². The van der Waals surface area contributed by atoms with E-state index in [2.05, 4.69) is 16.8 Å². The summed E-state index contributed by atoms with van der Waals surface area (Å²) in [6.45, 7) is 4.97. The SMILES string of the molecule is CN1CCCN(CC=O)CC1.Nc1ccc2sc(C(=O)NO)cc2c1. The topological polar surface area (TPSA) is 98.9 Å². The Hall–Kier alpha value is -2.00. The molecule has 2 aromatic rings. The summed E-state index contributed by atoms with van der Waals surface area (Å²) in [7, 11) is 2.13. The van der Waals surface area contributed by atoms with Crippen LogP contribution >= 0.6 is 11.3 Å². The largest absolute Gasteiger partial charge is 0.399 e. The van der Waals surface area contributed by atoms with Crippen LogP contribution in [-0.2, 0) is 4.79 Å². The van der Waals surface area contributed by atoms with Crippen LogP contribution in [0.1, 0.15) is 16.1 Å². The highest BCUT2D eigenvalue weighted by atomic mass is 32.1. The smallest absolute Gasteiger partial charge is 0.284 e. The fourth-order valence-electron chi connectivity index (χ4n) is 2.62. The quantitative estimate of drug-likeness (QED) is 0.330. The first-order valence-corrected chi connectivity index (χ1v) is 8.93. The number of hydrogen-bond donors (Lipinski definition) is 3. The summed E-state index contributed by atoms with van der Waals surface area (Å²) in [6.07, 6.45) is 2.18. The average molecular weight is 364 g/mol. The second kappa shape index (κ2) is 9.47. The van der Waals surface area contributed by atoms with Crippen molar-refractivity contribution in [3.63, 3.8) is 0 Å². The fourth-order valence-corrected chi connectivity index (χ4v) is 3.55. The third kappa shape index (κ3) is 5.79. The molecule has 25 heavy (non-hydrogen) atoms. The summed E-state index contributed by atoms with van der Waals surface area (Å²) in [5.74, 6) is -0.496. The minimum absolute atomic E-state index is 0.466. The predicted molar refractivity (Wildman–Crippen MR) is 100 cm³/mol. The van der Waals surface area contributed by atoms with Gasteiger partial charge in [0.25, 0.3) is 5.91 Å². The number of hydroxylamine groups is 1. The Balaban J connectivity index is 0.000000186. The highest BCUT2D eigenvalue weighted by Gasteiger charge is 2.10. The molecule has 0 aliphatic carbocycles. The van der Waals surface area contributed by atoms with Crippen LogP contribution in [0.4, 0.5) is 5.69 Å². The van der Waals surface area contributed by atoms with Gasteiger partial charge in [-0.25, -0.2) is 5.48 Å². The van der Waals surface area contributed by atoms with Crippen LogP contribution < -0.4 is 11.2 Å². The first-order chi connectivity index (χ1) is 12.0. The summed E-state index contributed by atoms with van der Waals surface area (Å²) in [6, 6.07) is 7.12. The second-order valence-corrected chi connectivity index (χ2v) is 7.06. The van der Waals surface area contributed by atoms with Crippen LogP contribution in [-0.4, -0.2) is 67.0 Å². The number of hydrogen-bond acceptors (Lipinski definition) is 7. The molecule has 0 atom stereocenters. The van der Waals surface area contributed by atoms with Crippen molar-refractivity contribution in [2.24, 2.45) is 0 Å². The van der Waals surface area contributed by atoms with E-state index in [1.165, 1.54) is 17.8 Å². The summed E-state index contributed by atoms with van der Waals surface area (Å²) < 4.78 is 0.970. The van der Waals surface area contributed by atoms with Crippen LogP contribution in [0.2, 0.25) is 0 Å². The van der Waals surface area contributed by atoms with Crippen molar-refractivity contribution in [3.8, 4) is 0 Å². The van der Waals surface area contributed by atoms with Gasteiger partial charge in [0, 0.05) is 23.5 Å². The second-order valence-electron chi connectivity index (χ2n) is 5.97. The Morgan fingerprint density at radius 1 is 1.32 bits per heavy atom. The number of nitrogens with one attached hydrogen (secondary N) is 1. The molecule has 7 nitrogen and oxygen atoms in total. The van der Waals surface area contributed by atoms with Crippen LogP contribution in [0.15, 0.2) is 24.3 Å². The molecule has 4 N–H and O–H groups in total. The van der Waals surface area contributed by atoms with E-state index in [1.54, 1.807) is 23.7 Å². The standard InChI is InChI=1S/C9H8N2O2S.C8H16N2O/c10-6-1-2-7-5(3-6)4-8(14-7)9(12)11-13;1-9-3-2-4-10(6-5-9)7-8-11/h1-4,13H,10H2,(H,11,12);8H,2-7H2,1H3. The number of thiophene rings is 1. The van der Waals surface area contributed by atoms with Gasteiger partial charge < -0.3 is 15.4 Å². The normalized spacial score (nSPS) is 15.9. The molecule has 136 valence electrons. The van der Waals surface area contributed by atoms with Gasteiger partial charge in [0.05, 0.1) is 11.4 Å². The van der Waals surface area contributed by atoms with E-state index in [-0.39, 0.29) is 0 Å². The van der Waals surface area contributed by atoms with Crippen LogP contribution in [0.5, 0.6) is 0 Å². The van der Waals surface area contributed by atoms with E-state index in [0.29, 0.717) is 17.1 Å². The zero-order valence-electron chi connectivity index (χ0n) is 14.3. The number of fused-ring (bicyclic) bond motifs is 1. The Morgan fingerprint density at radius 3 is 2.84 bits per heavy atom. The van der Waals surface area contributed by atoms with Gasteiger partial charge in [-0.1, -0.05) is 0 Å². The number of carbonyl (C=O) groups is 2. The van der Waals surface area contributed by atoms with Gasteiger partial charge in [0.1, 0.15) is 6.29 Å². The Bertz CT molecular complexity index is 719. The lowest BCUT2D eigenvalue weighted by molar-refractivity contribution is -0.108. The molecule has 8 heteroatoms. The molecule has 3 rings (SSSR count). The van der Waals surface area contributed by atoms with Gasteiger partial charge >= 0.3 is 0 Å². The number of rotatable bonds is 3. The van der Waals surface area contributed by atoms with Gasteiger partial charge in [-0.2, -0.15) is 0 Å². The minimum Gasteiger partial charge on any atom is -0.399 e. The Labute approximate surface area is 151 Å². The van der Waals surface area contributed by atoms with Gasteiger partial charge in [0.15, 0.2) is 0 Å². The number of nitrogens with two attached hydrogens (primary N) is 1. The maximum Gasteiger partial charge on any atom is 0.284 e. The molecular formula is C17H24N4O3S. The molecule has 0 saturated carbocycles. The van der Waals surface area contributed by atoms with Gasteiger partial charge in [-0.3, -0.25) is 14.9 Å². The third-order valence-corrected chi connectivity index (χ3v) is 5.13. The lowest BCUT2D eigenvalue weighted by Crippen LogP contribution is -2.30. The monoisotopic (exact) mass is 364 g/mol. The van der Waals surface area contributed by atoms with Crippen molar-refractivity contribution < 1.29 is 14.8 Å². The molecule has 1 aliphatic heterocycles. The summed E-state index contributed by atoms with van der Waals surface area (Å²) in [4.78, 5) is 26.3. The lowest BCUT2D eigenvalue weighted by Gasteiger charge is -2.16. The zero-order valence-corrected chi connectivity index (χ0v) is 15.1. The van der Waals surface area contributed by atoms with E-state index < -0.39 is 5.91 Å². The van der Waals surface area contributed by atoms with Crippen molar-refractivity contribution in [2.75, 3.05) is 45.5 Å². The molecule has 2 heterocycles. The van der Waals surface area contributed by atoms with E-state index in [0.717, 1.165) is 42.6 Å². The average Bonchev–Trinajstić information content (AvgIpc) is 2.91. The fraction of sp³-hybridized carbons (Fsp3) is 0.412. The predicted octanol–water partition coefficient (Wildman–Crippen LogP) is 1.43. The van der Waals surface area contributed by atoms with Gasteiger partial charge in [0.2, 0.25) is 0 Å². The maximum absolute atomic E-state index is 11.1.